The molecule has 0 aliphatic rings. The molecule has 0 radical (unpaired) electrons. The van der Waals surface area contributed by atoms with E-state index in [2.05, 4.69) is 58.1 Å². The maximum absolute atomic E-state index is 13.4. The van der Waals surface area contributed by atoms with E-state index in [9.17, 15) is 9.59 Å². The summed E-state index contributed by atoms with van der Waals surface area (Å²) in [6.07, 6.45) is 11.4. The molecule has 4 N–H and O–H groups in total. The number of rotatable bonds is 23. The van der Waals surface area contributed by atoms with Crippen LogP contribution in [0, 0.1) is 5.92 Å². The SMILES string of the molecule is CCCCC(CCCC)C(=O)c1ccc(N=Nc2c(C(C)C)nn(-c3cc(-n4nc(C(C)C)c(N=Nc5ccc(C(=O)N(CCCC)CCCC)cc5)c4N)ncn3)c2N)cc1. The number of amides is 1. The summed E-state index contributed by atoms with van der Waals surface area (Å²) < 4.78 is 3.01. The van der Waals surface area contributed by atoms with Crippen molar-refractivity contribution in [1.82, 2.24) is 34.4 Å². The molecule has 15 heteroatoms. The third kappa shape index (κ3) is 11.6. The number of hydrogen-bond acceptors (Lipinski definition) is 12. The normalized spacial score (nSPS) is 11.9. The molecule has 0 unspecified atom stereocenters. The number of nitrogens with zero attached hydrogens (tertiary/aromatic N) is 11. The average molecular weight is 844 g/mol. The molecule has 3 heterocycles. The van der Waals surface area contributed by atoms with Gasteiger partial charge in [-0.1, -0.05) is 93.9 Å². The molecule has 5 aromatic rings. The molecular formula is C47H65N13O2. The van der Waals surface area contributed by atoms with Crippen molar-refractivity contribution in [3.8, 4) is 11.6 Å². The van der Waals surface area contributed by atoms with Crippen LogP contribution in [0.5, 0.6) is 0 Å². The first-order chi connectivity index (χ1) is 29.9. The lowest BCUT2D eigenvalue weighted by Crippen LogP contribution is -2.32. The van der Waals surface area contributed by atoms with Gasteiger partial charge in [0, 0.05) is 36.2 Å². The first-order valence-electron chi connectivity index (χ1n) is 22.4. The van der Waals surface area contributed by atoms with Gasteiger partial charge in [0.25, 0.3) is 5.91 Å². The topological polar surface area (TPSA) is 200 Å². The molecule has 0 saturated carbocycles. The number of unbranched alkanes of at least 4 members (excludes halogenated alkanes) is 4. The second-order valence-electron chi connectivity index (χ2n) is 16.4. The van der Waals surface area contributed by atoms with Gasteiger partial charge in [-0.05, 0) is 86.1 Å². The highest BCUT2D eigenvalue weighted by Gasteiger charge is 2.24. The van der Waals surface area contributed by atoms with Gasteiger partial charge in [-0.15, -0.1) is 10.2 Å². The Balaban J connectivity index is 1.38. The van der Waals surface area contributed by atoms with Crippen LogP contribution in [0.25, 0.3) is 11.6 Å². The Kier molecular flexibility index (Phi) is 17.1. The number of nitrogen functional groups attached to an aromatic ring is 2. The van der Waals surface area contributed by atoms with Crippen molar-refractivity contribution in [2.45, 2.75) is 131 Å². The van der Waals surface area contributed by atoms with E-state index in [1.165, 1.54) is 15.7 Å². The predicted molar refractivity (Wildman–Crippen MR) is 247 cm³/mol. The number of carbonyl (C=O) groups is 2. The number of ketones is 1. The van der Waals surface area contributed by atoms with Crippen molar-refractivity contribution in [3.05, 3.63) is 83.4 Å². The van der Waals surface area contributed by atoms with E-state index in [-0.39, 0.29) is 41.1 Å². The van der Waals surface area contributed by atoms with E-state index in [4.69, 9.17) is 21.7 Å². The Labute approximate surface area is 366 Å². The lowest BCUT2D eigenvalue weighted by atomic mass is 9.88. The summed E-state index contributed by atoms with van der Waals surface area (Å²) in [6, 6.07) is 16.1. The third-order valence-corrected chi connectivity index (χ3v) is 10.8. The minimum atomic E-state index is -0.0421. The van der Waals surface area contributed by atoms with Crippen LogP contribution in [0.4, 0.5) is 34.4 Å². The molecule has 0 aliphatic carbocycles. The fraction of sp³-hybridized carbons (Fsp3) is 0.489. The van der Waals surface area contributed by atoms with E-state index in [1.54, 1.807) is 30.3 Å². The number of benzene rings is 2. The van der Waals surface area contributed by atoms with E-state index in [0.29, 0.717) is 56.9 Å². The van der Waals surface area contributed by atoms with Crippen LogP contribution in [0.1, 0.15) is 164 Å². The molecule has 15 nitrogen and oxygen atoms in total. The summed E-state index contributed by atoms with van der Waals surface area (Å²) in [6.45, 7) is 18.1. The molecule has 62 heavy (non-hydrogen) atoms. The van der Waals surface area contributed by atoms with Gasteiger partial charge in [0.2, 0.25) is 0 Å². The van der Waals surface area contributed by atoms with Gasteiger partial charge >= 0.3 is 0 Å². The largest absolute Gasteiger partial charge is 0.382 e. The fourth-order valence-electron chi connectivity index (χ4n) is 7.10. The first-order valence-corrected chi connectivity index (χ1v) is 22.4. The smallest absolute Gasteiger partial charge is 0.253 e. The molecule has 0 saturated heterocycles. The Morgan fingerprint density at radius 1 is 0.613 bits per heavy atom. The first kappa shape index (κ1) is 46.9. The molecule has 2 aromatic carbocycles. The fourth-order valence-corrected chi connectivity index (χ4v) is 7.10. The second kappa shape index (κ2) is 22.6. The highest BCUT2D eigenvalue weighted by Crippen LogP contribution is 2.37. The molecule has 5 rings (SSSR count). The quantitative estimate of drug-likeness (QED) is 0.0477. The Morgan fingerprint density at radius 2 is 1.03 bits per heavy atom. The van der Waals surface area contributed by atoms with Crippen molar-refractivity contribution >= 4 is 46.1 Å². The summed E-state index contributed by atoms with van der Waals surface area (Å²) in [5.41, 5.74) is 18.0. The van der Waals surface area contributed by atoms with Crippen LogP contribution in [-0.4, -0.2) is 59.2 Å². The molecular weight excluding hydrogens is 779 g/mol. The van der Waals surface area contributed by atoms with Crippen LogP contribution in [0.2, 0.25) is 0 Å². The highest BCUT2D eigenvalue weighted by molar-refractivity contribution is 5.98. The van der Waals surface area contributed by atoms with Crippen LogP contribution < -0.4 is 11.5 Å². The van der Waals surface area contributed by atoms with Crippen molar-refractivity contribution < 1.29 is 9.59 Å². The molecule has 1 amide bonds. The van der Waals surface area contributed by atoms with Crippen LogP contribution >= 0.6 is 0 Å². The zero-order valence-corrected chi connectivity index (χ0v) is 37.9. The number of azo groups is 2. The minimum absolute atomic E-state index is 0.0226. The van der Waals surface area contributed by atoms with Crippen molar-refractivity contribution in [3.63, 3.8) is 0 Å². The molecule has 0 bridgehead atoms. The zero-order chi connectivity index (χ0) is 44.8. The van der Waals surface area contributed by atoms with Gasteiger partial charge in [0.05, 0.1) is 22.8 Å². The number of Topliss-reactive ketones (excluding diaryl/α,β-unsaturated/α-hetero) is 1. The van der Waals surface area contributed by atoms with E-state index in [1.807, 2.05) is 56.9 Å². The standard InChI is InChI=1S/C47H65N13O2/c1-9-13-17-33(18-14-10-2)44(61)34-19-23-36(24-20-34)52-54-42-40(31(5)6)56-59(45(42)48)38-29-39(51-30-50-38)60-46(49)43(41(57-60)32(7)8)55-53-37-25-21-35(22-26-37)47(62)58(27-15-11-3)28-16-12-4/h19-26,29-33H,9-18,27-28,48-49H2,1-8H3. The van der Waals surface area contributed by atoms with E-state index in [0.717, 1.165) is 77.3 Å². The summed E-state index contributed by atoms with van der Waals surface area (Å²) in [5.74, 6) is 1.41. The Bertz CT molecular complexity index is 2120. The lowest BCUT2D eigenvalue weighted by Gasteiger charge is -2.22. The summed E-state index contributed by atoms with van der Waals surface area (Å²) in [5, 5.41) is 27.7. The van der Waals surface area contributed by atoms with Gasteiger partial charge in [-0.2, -0.15) is 29.8 Å². The van der Waals surface area contributed by atoms with Crippen molar-refractivity contribution in [2.24, 2.45) is 26.4 Å². The average Bonchev–Trinajstić information content (AvgIpc) is 3.80. The van der Waals surface area contributed by atoms with Crippen molar-refractivity contribution in [2.75, 3.05) is 24.6 Å². The van der Waals surface area contributed by atoms with Gasteiger partial charge < -0.3 is 16.4 Å². The Morgan fingerprint density at radius 3 is 1.44 bits per heavy atom. The molecule has 0 fully saturated rings. The monoisotopic (exact) mass is 844 g/mol. The van der Waals surface area contributed by atoms with Crippen LogP contribution in [0.3, 0.4) is 0 Å². The van der Waals surface area contributed by atoms with Crippen LogP contribution in [-0.2, 0) is 0 Å². The summed E-state index contributed by atoms with van der Waals surface area (Å²) in [7, 11) is 0. The lowest BCUT2D eigenvalue weighted by molar-refractivity contribution is 0.0750. The van der Waals surface area contributed by atoms with Gasteiger partial charge in [0.15, 0.2) is 40.4 Å². The maximum atomic E-state index is 13.4. The predicted octanol–water partition coefficient (Wildman–Crippen LogP) is 12.3. The third-order valence-electron chi connectivity index (χ3n) is 10.8. The zero-order valence-electron chi connectivity index (χ0n) is 37.9. The molecule has 3 aromatic heterocycles. The summed E-state index contributed by atoms with van der Waals surface area (Å²) >= 11 is 0. The number of carbonyl (C=O) groups excluding carboxylic acids is 2. The summed E-state index contributed by atoms with van der Waals surface area (Å²) in [4.78, 5) is 37.6. The highest BCUT2D eigenvalue weighted by atomic mass is 16.2. The second-order valence-corrected chi connectivity index (χ2v) is 16.4. The van der Waals surface area contributed by atoms with Crippen LogP contribution in [0.15, 0.2) is 81.4 Å². The maximum Gasteiger partial charge on any atom is 0.253 e. The minimum Gasteiger partial charge on any atom is -0.382 e. The van der Waals surface area contributed by atoms with E-state index >= 15 is 0 Å². The van der Waals surface area contributed by atoms with Gasteiger partial charge in [-0.25, -0.2) is 9.97 Å². The molecule has 330 valence electrons. The van der Waals surface area contributed by atoms with Crippen molar-refractivity contribution in [1.29, 1.82) is 0 Å². The van der Waals surface area contributed by atoms with E-state index < -0.39 is 0 Å². The molecule has 0 aliphatic heterocycles. The number of nitrogens with two attached hydrogens (primary N) is 2. The van der Waals surface area contributed by atoms with Gasteiger partial charge in [-0.3, -0.25) is 9.59 Å². The number of hydrogen-bond donors (Lipinski definition) is 2. The molecule has 0 atom stereocenters. The molecule has 0 spiro atoms. The Hall–Kier alpha value is -6.12. The number of anilines is 2. The number of aromatic nitrogens is 6. The van der Waals surface area contributed by atoms with Gasteiger partial charge in [0.1, 0.15) is 6.33 Å².